The lowest BCUT2D eigenvalue weighted by atomic mass is 9.79. The third-order valence-corrected chi connectivity index (χ3v) is 7.75. The fourth-order valence-corrected chi connectivity index (χ4v) is 5.36. The second-order valence-electron chi connectivity index (χ2n) is 10.8. The van der Waals surface area contributed by atoms with Crippen molar-refractivity contribution in [1.29, 1.82) is 0 Å². The average molecular weight is 491 g/mol. The molecule has 1 aromatic heterocycles. The molecule has 0 saturated heterocycles. The molecule has 0 aliphatic heterocycles. The van der Waals surface area contributed by atoms with Crippen molar-refractivity contribution in [2.45, 2.75) is 117 Å². The second kappa shape index (κ2) is 17.3. The summed E-state index contributed by atoms with van der Waals surface area (Å²) in [6, 6.07) is 8.18. The van der Waals surface area contributed by atoms with Crippen molar-refractivity contribution in [1.82, 2.24) is 9.97 Å². The van der Waals surface area contributed by atoms with Gasteiger partial charge in [0.15, 0.2) is 5.82 Å². The van der Waals surface area contributed by atoms with E-state index in [9.17, 15) is 0 Å². The minimum Gasteiger partial charge on any atom is -0.490 e. The van der Waals surface area contributed by atoms with Crippen LogP contribution in [-0.2, 0) is 6.42 Å². The first kappa shape index (κ1) is 28.4. The van der Waals surface area contributed by atoms with Crippen LogP contribution in [0.3, 0.4) is 0 Å². The van der Waals surface area contributed by atoms with Crippen LogP contribution in [0.4, 0.5) is 0 Å². The molecule has 1 aliphatic carbocycles. The van der Waals surface area contributed by atoms with Gasteiger partial charge in [0.2, 0.25) is 0 Å². The third-order valence-electron chi connectivity index (χ3n) is 7.75. The monoisotopic (exact) mass is 490 g/mol. The smallest absolute Gasteiger partial charge is 0.159 e. The average Bonchev–Trinajstić information content (AvgIpc) is 2.92. The Balaban J connectivity index is 1.32. The standard InChI is InChI=1S/C33H50N2O/c1-3-5-7-8-9-10-12-15-30-26-34-33(35-27-30)31-21-23-32(24-22-31)36-25-13-16-29-19-17-28(18-20-29)14-11-6-4-2/h13,16,21-24,26-29H,3-12,14-15,17-20,25H2,1-2H3/t28-,29-. The highest BCUT2D eigenvalue weighted by molar-refractivity contribution is 5.55. The van der Waals surface area contributed by atoms with Gasteiger partial charge in [-0.15, -0.1) is 0 Å². The van der Waals surface area contributed by atoms with Crippen molar-refractivity contribution in [3.05, 3.63) is 54.4 Å². The summed E-state index contributed by atoms with van der Waals surface area (Å²) in [7, 11) is 0. The van der Waals surface area contributed by atoms with Gasteiger partial charge in [0, 0.05) is 18.0 Å². The van der Waals surface area contributed by atoms with Gasteiger partial charge in [0.05, 0.1) is 0 Å². The zero-order valence-electron chi connectivity index (χ0n) is 23.1. The summed E-state index contributed by atoms with van der Waals surface area (Å²) in [5.41, 5.74) is 2.28. The Morgan fingerprint density at radius 1 is 0.778 bits per heavy atom. The molecular weight excluding hydrogens is 440 g/mol. The Bertz CT molecular complexity index is 835. The van der Waals surface area contributed by atoms with Gasteiger partial charge in [-0.2, -0.15) is 0 Å². The topological polar surface area (TPSA) is 35.0 Å². The van der Waals surface area contributed by atoms with E-state index in [2.05, 4.69) is 48.1 Å². The van der Waals surface area contributed by atoms with Gasteiger partial charge in [0.25, 0.3) is 0 Å². The summed E-state index contributed by atoms with van der Waals surface area (Å²) in [6.45, 7) is 5.20. The van der Waals surface area contributed by atoms with E-state index in [4.69, 9.17) is 4.74 Å². The largest absolute Gasteiger partial charge is 0.490 e. The van der Waals surface area contributed by atoms with E-state index in [0.29, 0.717) is 6.61 Å². The summed E-state index contributed by atoms with van der Waals surface area (Å²) in [5.74, 6) is 3.40. The maximum Gasteiger partial charge on any atom is 0.159 e. The van der Waals surface area contributed by atoms with Gasteiger partial charge in [-0.1, -0.05) is 90.2 Å². The number of aromatic nitrogens is 2. The molecule has 1 aromatic carbocycles. The third kappa shape index (κ3) is 10.8. The highest BCUT2D eigenvalue weighted by atomic mass is 16.5. The van der Waals surface area contributed by atoms with E-state index >= 15 is 0 Å². The van der Waals surface area contributed by atoms with Crippen LogP contribution in [0.15, 0.2) is 48.8 Å². The lowest BCUT2D eigenvalue weighted by molar-refractivity contribution is 0.288. The Morgan fingerprint density at radius 2 is 1.42 bits per heavy atom. The number of allylic oxidation sites excluding steroid dienone is 1. The molecule has 0 unspecified atom stereocenters. The molecule has 0 N–H and O–H groups in total. The first-order chi connectivity index (χ1) is 17.8. The summed E-state index contributed by atoms with van der Waals surface area (Å²) in [5, 5.41) is 0. The van der Waals surface area contributed by atoms with Gasteiger partial charge < -0.3 is 4.74 Å². The molecule has 0 amide bonds. The fourth-order valence-electron chi connectivity index (χ4n) is 5.36. The molecule has 3 rings (SSSR count). The van der Waals surface area contributed by atoms with Gasteiger partial charge in [-0.25, -0.2) is 9.97 Å². The molecule has 0 atom stereocenters. The molecule has 0 spiro atoms. The Labute approximate surface area is 221 Å². The van der Waals surface area contributed by atoms with Crippen molar-refractivity contribution >= 4 is 0 Å². The van der Waals surface area contributed by atoms with E-state index < -0.39 is 0 Å². The molecule has 1 fully saturated rings. The van der Waals surface area contributed by atoms with Crippen molar-refractivity contribution in [3.63, 3.8) is 0 Å². The number of aryl methyl sites for hydroxylation is 1. The highest BCUT2D eigenvalue weighted by Crippen LogP contribution is 2.32. The maximum absolute atomic E-state index is 5.95. The van der Waals surface area contributed by atoms with Crippen LogP contribution >= 0.6 is 0 Å². The Hall–Kier alpha value is -2.16. The molecule has 0 radical (unpaired) electrons. The molecule has 3 heteroatoms. The number of unbranched alkanes of at least 4 members (excludes halogenated alkanes) is 8. The van der Waals surface area contributed by atoms with Crippen LogP contribution in [0, 0.1) is 11.8 Å². The van der Waals surface area contributed by atoms with Gasteiger partial charge in [0.1, 0.15) is 12.4 Å². The molecule has 3 nitrogen and oxygen atoms in total. The van der Waals surface area contributed by atoms with E-state index in [1.807, 2.05) is 24.5 Å². The van der Waals surface area contributed by atoms with Crippen molar-refractivity contribution in [2.75, 3.05) is 6.61 Å². The van der Waals surface area contributed by atoms with Crippen LogP contribution in [-0.4, -0.2) is 16.6 Å². The first-order valence-corrected chi connectivity index (χ1v) is 15.0. The number of rotatable bonds is 17. The van der Waals surface area contributed by atoms with E-state index in [1.165, 1.54) is 102 Å². The Morgan fingerprint density at radius 3 is 2.11 bits per heavy atom. The van der Waals surface area contributed by atoms with E-state index in [-0.39, 0.29) is 0 Å². The lowest BCUT2D eigenvalue weighted by Gasteiger charge is -2.26. The van der Waals surface area contributed by atoms with E-state index in [0.717, 1.165) is 35.4 Å². The van der Waals surface area contributed by atoms with Crippen LogP contribution in [0.2, 0.25) is 0 Å². The summed E-state index contributed by atoms with van der Waals surface area (Å²) >= 11 is 0. The molecule has 1 saturated carbocycles. The molecule has 2 aromatic rings. The summed E-state index contributed by atoms with van der Waals surface area (Å²) < 4.78 is 5.95. The van der Waals surface area contributed by atoms with Crippen molar-refractivity contribution in [2.24, 2.45) is 11.8 Å². The molecule has 1 heterocycles. The van der Waals surface area contributed by atoms with Crippen LogP contribution in [0.1, 0.15) is 116 Å². The quantitative estimate of drug-likeness (QED) is 0.163. The van der Waals surface area contributed by atoms with E-state index in [1.54, 1.807) is 0 Å². The minimum absolute atomic E-state index is 0.638. The fraction of sp³-hybridized carbons (Fsp3) is 0.636. The maximum atomic E-state index is 5.95. The van der Waals surface area contributed by atoms with Crippen LogP contribution in [0.5, 0.6) is 5.75 Å². The molecular formula is C33H50N2O. The normalized spacial score (nSPS) is 18.1. The number of benzene rings is 1. The Kier molecular flexibility index (Phi) is 13.7. The SMILES string of the molecule is CCCCCCCCCc1cnc(-c2ccc(OCC=C[C@H]3CC[C@H](CCCCC)CC3)cc2)nc1. The van der Waals surface area contributed by atoms with Crippen LogP contribution in [0.25, 0.3) is 11.4 Å². The lowest BCUT2D eigenvalue weighted by Crippen LogP contribution is -2.13. The van der Waals surface area contributed by atoms with Crippen LogP contribution < -0.4 is 4.74 Å². The number of hydrogen-bond donors (Lipinski definition) is 0. The van der Waals surface area contributed by atoms with Gasteiger partial charge in [-0.05, 0) is 80.2 Å². The predicted octanol–water partition coefficient (Wildman–Crippen LogP) is 9.76. The molecule has 198 valence electrons. The molecule has 1 aliphatic rings. The number of ether oxygens (including phenoxy) is 1. The minimum atomic E-state index is 0.638. The predicted molar refractivity (Wildman–Crippen MR) is 153 cm³/mol. The summed E-state index contributed by atoms with van der Waals surface area (Å²) in [6.07, 6.45) is 30.1. The van der Waals surface area contributed by atoms with Crippen molar-refractivity contribution < 1.29 is 4.74 Å². The zero-order chi connectivity index (χ0) is 25.3. The molecule has 36 heavy (non-hydrogen) atoms. The van der Waals surface area contributed by atoms with Gasteiger partial charge in [-0.3, -0.25) is 0 Å². The highest BCUT2D eigenvalue weighted by Gasteiger charge is 2.18. The van der Waals surface area contributed by atoms with Gasteiger partial charge >= 0.3 is 0 Å². The number of hydrogen-bond acceptors (Lipinski definition) is 3. The summed E-state index contributed by atoms with van der Waals surface area (Å²) in [4.78, 5) is 9.22. The first-order valence-electron chi connectivity index (χ1n) is 15.0. The van der Waals surface area contributed by atoms with Crippen molar-refractivity contribution in [3.8, 4) is 17.1 Å². The molecule has 0 bridgehead atoms. The second-order valence-corrected chi connectivity index (χ2v) is 10.8. The zero-order valence-corrected chi connectivity index (χ0v) is 23.1. The number of nitrogens with zero attached hydrogens (tertiary/aromatic N) is 2.